The van der Waals surface area contributed by atoms with E-state index < -0.39 is 17.9 Å². The molecule has 2 aromatic rings. The van der Waals surface area contributed by atoms with Gasteiger partial charge in [0.25, 0.3) is 5.91 Å². The minimum atomic E-state index is -1.18. The fraction of sp³-hybridized carbons (Fsp3) is 0.381. The van der Waals surface area contributed by atoms with Crippen LogP contribution in [0.25, 0.3) is 0 Å². The van der Waals surface area contributed by atoms with E-state index in [-0.39, 0.29) is 45.7 Å². The van der Waals surface area contributed by atoms with Crippen molar-refractivity contribution in [2.45, 2.75) is 36.6 Å². The first kappa shape index (κ1) is 20.8. The van der Waals surface area contributed by atoms with Crippen LogP contribution in [0.1, 0.15) is 31.1 Å². The molecule has 5 rings (SSSR count). The second-order valence-electron chi connectivity index (χ2n) is 7.91. The Morgan fingerprint density at radius 3 is 2.63 bits per heavy atom. The van der Waals surface area contributed by atoms with Crippen LogP contribution in [-0.2, 0) is 4.79 Å². The van der Waals surface area contributed by atoms with Gasteiger partial charge in [0.15, 0.2) is 18.2 Å². The van der Waals surface area contributed by atoms with Gasteiger partial charge in [0.1, 0.15) is 17.8 Å². The van der Waals surface area contributed by atoms with Crippen molar-refractivity contribution in [3.05, 3.63) is 58.6 Å². The van der Waals surface area contributed by atoms with Crippen LogP contribution in [0.2, 0.25) is 5.02 Å². The summed E-state index contributed by atoms with van der Waals surface area (Å²) in [6, 6.07) is 8.55. The molecule has 2 aromatic carbocycles. The summed E-state index contributed by atoms with van der Waals surface area (Å²) in [5.74, 6) is -1.27. The minimum absolute atomic E-state index is 0.0190. The Hall–Kier alpha value is -2.42. The maximum absolute atomic E-state index is 14.3. The Kier molecular flexibility index (Phi) is 5.34. The van der Waals surface area contributed by atoms with Gasteiger partial charge >= 0.3 is 0 Å². The number of halogens is 3. The smallest absolute Gasteiger partial charge is 0.258 e. The maximum Gasteiger partial charge on any atom is 0.258 e. The molecule has 0 saturated heterocycles. The minimum Gasteiger partial charge on any atom is -0.494 e. The average molecular weight is 439 g/mol. The summed E-state index contributed by atoms with van der Waals surface area (Å²) in [7, 11) is 1.36. The lowest BCUT2D eigenvalue weighted by Crippen LogP contribution is -2.83. The van der Waals surface area contributed by atoms with Crippen molar-refractivity contribution < 1.29 is 28.2 Å². The van der Waals surface area contributed by atoms with Gasteiger partial charge in [0.2, 0.25) is 0 Å². The molecule has 3 aliphatic rings. The largest absolute Gasteiger partial charge is 0.494 e. The summed E-state index contributed by atoms with van der Waals surface area (Å²) in [6.45, 7) is -0.249. The molecule has 1 amide bonds. The van der Waals surface area contributed by atoms with Crippen LogP contribution in [0, 0.1) is 11.6 Å². The van der Waals surface area contributed by atoms with Crippen LogP contribution in [0.4, 0.5) is 8.78 Å². The lowest BCUT2D eigenvalue weighted by atomic mass is 9.44. The van der Waals surface area contributed by atoms with Crippen molar-refractivity contribution in [1.82, 2.24) is 10.6 Å². The molecule has 2 bridgehead atoms. The SMILES string of the molecule is COc1cccc(C(O)NC23CC(NC(=O)COc4ccc(Cl)c(F)c4)(C2)C3)c1F. The van der Waals surface area contributed by atoms with E-state index in [0.29, 0.717) is 19.3 Å². The van der Waals surface area contributed by atoms with Gasteiger partial charge < -0.3 is 19.9 Å². The van der Waals surface area contributed by atoms with Crippen molar-refractivity contribution in [1.29, 1.82) is 0 Å². The number of rotatable bonds is 8. The molecule has 3 fully saturated rings. The number of ether oxygens (including phenoxy) is 2. The predicted octanol–water partition coefficient (Wildman–Crippen LogP) is 3.08. The fourth-order valence-electron chi connectivity index (χ4n) is 4.39. The number of carbonyl (C=O) groups excluding carboxylic acids is 1. The van der Waals surface area contributed by atoms with E-state index in [1.165, 1.54) is 31.4 Å². The monoisotopic (exact) mass is 438 g/mol. The van der Waals surface area contributed by atoms with Crippen molar-refractivity contribution in [3.8, 4) is 11.5 Å². The number of hydrogen-bond donors (Lipinski definition) is 3. The molecule has 3 N–H and O–H groups in total. The molecule has 1 unspecified atom stereocenters. The molecule has 9 heteroatoms. The number of carbonyl (C=O) groups is 1. The molecule has 30 heavy (non-hydrogen) atoms. The van der Waals surface area contributed by atoms with Gasteiger partial charge in [-0.05, 0) is 37.5 Å². The average Bonchev–Trinajstić information content (AvgIpc) is 2.66. The van der Waals surface area contributed by atoms with E-state index in [1.807, 2.05) is 0 Å². The van der Waals surface area contributed by atoms with E-state index in [1.54, 1.807) is 6.07 Å². The van der Waals surface area contributed by atoms with Gasteiger partial charge in [-0.15, -0.1) is 0 Å². The zero-order valence-electron chi connectivity index (χ0n) is 16.2. The molecule has 0 aliphatic heterocycles. The van der Waals surface area contributed by atoms with Crippen molar-refractivity contribution in [2.75, 3.05) is 13.7 Å². The van der Waals surface area contributed by atoms with Crippen LogP contribution >= 0.6 is 11.6 Å². The number of benzene rings is 2. The summed E-state index contributed by atoms with van der Waals surface area (Å²) >= 11 is 5.61. The lowest BCUT2D eigenvalue weighted by Gasteiger charge is -2.71. The number of nitrogens with one attached hydrogen (secondary N) is 2. The summed E-state index contributed by atoms with van der Waals surface area (Å²) < 4.78 is 38.0. The molecule has 3 saturated carbocycles. The van der Waals surface area contributed by atoms with E-state index in [2.05, 4.69) is 10.6 Å². The van der Waals surface area contributed by atoms with Gasteiger partial charge in [0.05, 0.1) is 12.1 Å². The Bertz CT molecular complexity index is 968. The number of amides is 1. The van der Waals surface area contributed by atoms with Crippen LogP contribution < -0.4 is 20.1 Å². The number of hydrogen-bond acceptors (Lipinski definition) is 5. The quantitative estimate of drug-likeness (QED) is 0.552. The zero-order chi connectivity index (χ0) is 21.5. The third-order valence-corrected chi connectivity index (χ3v) is 5.95. The normalized spacial score (nSPS) is 25.0. The Balaban J connectivity index is 1.26. The third-order valence-electron chi connectivity index (χ3n) is 5.65. The van der Waals surface area contributed by atoms with E-state index in [0.717, 1.165) is 6.07 Å². The maximum atomic E-state index is 14.3. The fourth-order valence-corrected chi connectivity index (χ4v) is 4.50. The lowest BCUT2D eigenvalue weighted by molar-refractivity contribution is -0.151. The number of aliphatic hydroxyl groups is 1. The first-order valence-corrected chi connectivity index (χ1v) is 9.80. The molecule has 0 radical (unpaired) electrons. The van der Waals surface area contributed by atoms with Gasteiger partial charge in [-0.1, -0.05) is 23.7 Å². The molecule has 0 aromatic heterocycles. The predicted molar refractivity (Wildman–Crippen MR) is 105 cm³/mol. The summed E-state index contributed by atoms with van der Waals surface area (Å²) in [5.41, 5.74) is -0.589. The highest BCUT2D eigenvalue weighted by Gasteiger charge is 2.69. The molecule has 0 heterocycles. The third kappa shape index (κ3) is 3.82. The van der Waals surface area contributed by atoms with E-state index in [4.69, 9.17) is 21.1 Å². The molecule has 0 spiro atoms. The Morgan fingerprint density at radius 2 is 1.97 bits per heavy atom. The highest BCUT2D eigenvalue weighted by atomic mass is 35.5. The summed E-state index contributed by atoms with van der Waals surface area (Å²) in [5, 5.41) is 16.4. The van der Waals surface area contributed by atoms with Crippen LogP contribution in [-0.4, -0.2) is 35.8 Å². The standard InChI is InChI=1S/C21H21ClF2N2O4/c1-29-16-4-2-3-13(18(16)24)19(28)26-21-9-20(10-21,11-21)25-17(27)8-30-12-5-6-14(22)15(23)7-12/h2-7,19,26,28H,8-11H2,1H3,(H,25,27). The topological polar surface area (TPSA) is 79.8 Å². The first-order valence-electron chi connectivity index (χ1n) is 9.42. The van der Waals surface area contributed by atoms with Crippen LogP contribution in [0.5, 0.6) is 11.5 Å². The second kappa shape index (κ2) is 7.68. The summed E-state index contributed by atoms with van der Waals surface area (Å²) in [6.07, 6.45) is 0.662. The van der Waals surface area contributed by atoms with Crippen molar-refractivity contribution in [3.63, 3.8) is 0 Å². The molecule has 1 atom stereocenters. The highest BCUT2D eigenvalue weighted by Crippen LogP contribution is 2.61. The van der Waals surface area contributed by atoms with E-state index in [9.17, 15) is 18.7 Å². The van der Waals surface area contributed by atoms with Crippen LogP contribution in [0.3, 0.4) is 0 Å². The van der Waals surface area contributed by atoms with Gasteiger partial charge in [0, 0.05) is 22.7 Å². The highest BCUT2D eigenvalue weighted by molar-refractivity contribution is 6.30. The Morgan fingerprint density at radius 1 is 1.23 bits per heavy atom. The molecule has 3 aliphatic carbocycles. The van der Waals surface area contributed by atoms with E-state index >= 15 is 0 Å². The number of aliphatic hydroxyl groups excluding tert-OH is 1. The Labute approximate surface area is 177 Å². The van der Waals surface area contributed by atoms with Crippen molar-refractivity contribution >= 4 is 17.5 Å². The zero-order valence-corrected chi connectivity index (χ0v) is 16.9. The number of methoxy groups -OCH3 is 1. The van der Waals surface area contributed by atoms with Gasteiger partial charge in [-0.2, -0.15) is 0 Å². The van der Waals surface area contributed by atoms with Gasteiger partial charge in [-0.3, -0.25) is 10.1 Å². The van der Waals surface area contributed by atoms with Gasteiger partial charge in [-0.25, -0.2) is 8.78 Å². The van der Waals surface area contributed by atoms with Crippen molar-refractivity contribution in [2.24, 2.45) is 0 Å². The molecule has 6 nitrogen and oxygen atoms in total. The molecular formula is C21H21ClF2N2O4. The summed E-state index contributed by atoms with van der Waals surface area (Å²) in [4.78, 5) is 12.2. The second-order valence-corrected chi connectivity index (χ2v) is 8.32. The first-order chi connectivity index (χ1) is 14.2. The molecular weight excluding hydrogens is 418 g/mol. The van der Waals surface area contributed by atoms with Crippen LogP contribution in [0.15, 0.2) is 36.4 Å². The molecule has 160 valence electrons.